The molecule has 2 aromatic carbocycles. The molecule has 0 aliphatic carbocycles. The first-order valence-corrected chi connectivity index (χ1v) is 8.56. The Bertz CT molecular complexity index is 787. The number of fused-ring (bicyclic) bond motifs is 1. The molecule has 0 saturated heterocycles. The highest BCUT2D eigenvalue weighted by molar-refractivity contribution is 7.86. The van der Waals surface area contributed by atoms with Crippen LogP contribution in [0.2, 0.25) is 0 Å². The molecule has 0 N–H and O–H groups in total. The van der Waals surface area contributed by atoms with E-state index in [1.807, 2.05) is 39.0 Å². The molecule has 114 valence electrons. The van der Waals surface area contributed by atoms with E-state index in [4.69, 9.17) is 0 Å². The normalized spacial score (nSPS) is 12.6. The molecule has 0 bridgehead atoms. The topological polar surface area (TPSA) is 57.2 Å². The van der Waals surface area contributed by atoms with Gasteiger partial charge in [0.15, 0.2) is 0 Å². The van der Waals surface area contributed by atoms with Crippen molar-refractivity contribution >= 4 is 20.9 Å². The van der Waals surface area contributed by atoms with Crippen LogP contribution in [-0.4, -0.2) is 13.0 Å². The standard InChI is InChI=1S/C17H22O3S/c1-10(2)14-9-15(11(3)4)17(21(18,19)20)16-8-12(5)6-7-13(14)16/h6-11H,1-5H3,(H,18,19,20)/p-1. The molecular weight excluding hydrogens is 284 g/mol. The van der Waals surface area contributed by atoms with Gasteiger partial charge in [0.05, 0.1) is 4.90 Å². The Kier molecular flexibility index (Phi) is 4.13. The van der Waals surface area contributed by atoms with Crippen LogP contribution in [0.4, 0.5) is 0 Å². The predicted molar refractivity (Wildman–Crippen MR) is 84.8 cm³/mol. The Morgan fingerprint density at radius 2 is 1.48 bits per heavy atom. The fourth-order valence-corrected chi connectivity index (χ4v) is 3.77. The minimum absolute atomic E-state index is 0.0221. The summed E-state index contributed by atoms with van der Waals surface area (Å²) < 4.78 is 35.4. The zero-order valence-corrected chi connectivity index (χ0v) is 13.9. The maximum atomic E-state index is 11.8. The third-order valence-corrected chi connectivity index (χ3v) is 4.75. The van der Waals surface area contributed by atoms with Gasteiger partial charge in [0.2, 0.25) is 0 Å². The summed E-state index contributed by atoms with van der Waals surface area (Å²) in [6.07, 6.45) is 0. The molecule has 0 heterocycles. The van der Waals surface area contributed by atoms with Crippen LogP contribution in [0.5, 0.6) is 0 Å². The summed E-state index contributed by atoms with van der Waals surface area (Å²) in [5.41, 5.74) is 2.65. The second-order valence-corrected chi connectivity index (χ2v) is 7.51. The predicted octanol–water partition coefficient (Wildman–Crippen LogP) is 4.30. The van der Waals surface area contributed by atoms with Crippen LogP contribution in [0, 0.1) is 6.92 Å². The average Bonchev–Trinajstić information content (AvgIpc) is 2.34. The molecule has 0 aliphatic rings. The number of aryl methyl sites for hydroxylation is 1. The molecule has 0 fully saturated rings. The number of hydrogen-bond donors (Lipinski definition) is 0. The number of benzene rings is 2. The van der Waals surface area contributed by atoms with E-state index in [0.29, 0.717) is 10.9 Å². The maximum absolute atomic E-state index is 11.8. The first-order valence-electron chi connectivity index (χ1n) is 7.16. The van der Waals surface area contributed by atoms with Gasteiger partial charge in [-0.25, -0.2) is 8.42 Å². The average molecular weight is 305 g/mol. The highest BCUT2D eigenvalue weighted by Crippen LogP contribution is 2.37. The van der Waals surface area contributed by atoms with Gasteiger partial charge in [0, 0.05) is 5.39 Å². The molecule has 0 spiro atoms. The largest absolute Gasteiger partial charge is 0.744 e. The van der Waals surface area contributed by atoms with E-state index in [0.717, 1.165) is 16.5 Å². The minimum atomic E-state index is -4.51. The van der Waals surface area contributed by atoms with Crippen molar-refractivity contribution in [2.45, 2.75) is 51.3 Å². The molecule has 4 heteroatoms. The summed E-state index contributed by atoms with van der Waals surface area (Å²) in [6, 6.07) is 7.55. The van der Waals surface area contributed by atoms with Crippen molar-refractivity contribution in [2.75, 3.05) is 0 Å². The second kappa shape index (κ2) is 5.43. The first-order chi connectivity index (χ1) is 9.62. The summed E-state index contributed by atoms with van der Waals surface area (Å²) in [6.45, 7) is 9.87. The van der Waals surface area contributed by atoms with E-state index in [-0.39, 0.29) is 16.7 Å². The van der Waals surface area contributed by atoms with Gasteiger partial charge in [0.25, 0.3) is 0 Å². The molecular formula is C17H21O3S-. The van der Waals surface area contributed by atoms with Crippen LogP contribution in [-0.2, 0) is 10.1 Å². The van der Waals surface area contributed by atoms with Gasteiger partial charge in [-0.3, -0.25) is 0 Å². The lowest BCUT2D eigenvalue weighted by molar-refractivity contribution is 0.462. The smallest absolute Gasteiger partial charge is 0.125 e. The van der Waals surface area contributed by atoms with Crippen LogP contribution < -0.4 is 0 Å². The van der Waals surface area contributed by atoms with E-state index >= 15 is 0 Å². The molecule has 0 aromatic heterocycles. The Labute approximate surface area is 126 Å². The molecule has 0 amide bonds. The molecule has 0 radical (unpaired) electrons. The van der Waals surface area contributed by atoms with Crippen LogP contribution >= 0.6 is 0 Å². The van der Waals surface area contributed by atoms with E-state index in [2.05, 4.69) is 13.8 Å². The summed E-state index contributed by atoms with van der Waals surface area (Å²) in [5.74, 6) is 0.238. The summed E-state index contributed by atoms with van der Waals surface area (Å²) in [5, 5.41) is 1.41. The zero-order valence-electron chi connectivity index (χ0n) is 13.1. The van der Waals surface area contributed by atoms with Gasteiger partial charge < -0.3 is 4.55 Å². The van der Waals surface area contributed by atoms with Crippen molar-refractivity contribution < 1.29 is 13.0 Å². The summed E-state index contributed by atoms with van der Waals surface area (Å²) >= 11 is 0. The van der Waals surface area contributed by atoms with Gasteiger partial charge in [-0.05, 0) is 35.3 Å². The van der Waals surface area contributed by atoms with E-state index in [1.54, 1.807) is 6.07 Å². The third-order valence-electron chi connectivity index (χ3n) is 3.80. The minimum Gasteiger partial charge on any atom is -0.744 e. The Morgan fingerprint density at radius 1 is 0.905 bits per heavy atom. The Morgan fingerprint density at radius 3 is 1.95 bits per heavy atom. The van der Waals surface area contributed by atoms with Gasteiger partial charge in [0.1, 0.15) is 10.1 Å². The quantitative estimate of drug-likeness (QED) is 0.794. The van der Waals surface area contributed by atoms with E-state index in [9.17, 15) is 13.0 Å². The van der Waals surface area contributed by atoms with Crippen molar-refractivity contribution in [2.24, 2.45) is 0 Å². The van der Waals surface area contributed by atoms with Crippen LogP contribution in [0.1, 0.15) is 56.2 Å². The van der Waals surface area contributed by atoms with Gasteiger partial charge in [-0.2, -0.15) is 0 Å². The first kappa shape index (κ1) is 16.0. The third kappa shape index (κ3) is 2.97. The van der Waals surface area contributed by atoms with Crippen molar-refractivity contribution in [1.29, 1.82) is 0 Å². The molecule has 2 aromatic rings. The summed E-state index contributed by atoms with van der Waals surface area (Å²) in [4.78, 5) is -0.0550. The Hall–Kier alpha value is -1.39. The highest BCUT2D eigenvalue weighted by atomic mass is 32.2. The van der Waals surface area contributed by atoms with Crippen molar-refractivity contribution in [3.8, 4) is 0 Å². The van der Waals surface area contributed by atoms with Crippen LogP contribution in [0.25, 0.3) is 10.8 Å². The van der Waals surface area contributed by atoms with E-state index < -0.39 is 10.1 Å². The molecule has 0 atom stereocenters. The van der Waals surface area contributed by atoms with E-state index in [1.165, 1.54) is 0 Å². The second-order valence-electron chi connectivity index (χ2n) is 6.20. The summed E-state index contributed by atoms with van der Waals surface area (Å²) in [7, 11) is -4.51. The lowest BCUT2D eigenvalue weighted by Gasteiger charge is -2.22. The Balaban J connectivity index is 3.08. The highest BCUT2D eigenvalue weighted by Gasteiger charge is 2.20. The monoisotopic (exact) mass is 305 g/mol. The molecule has 0 aliphatic heterocycles. The molecule has 2 rings (SSSR count). The van der Waals surface area contributed by atoms with Crippen molar-refractivity contribution in [3.63, 3.8) is 0 Å². The lowest BCUT2D eigenvalue weighted by atomic mass is 9.89. The number of hydrogen-bond acceptors (Lipinski definition) is 3. The van der Waals surface area contributed by atoms with Gasteiger partial charge >= 0.3 is 0 Å². The fraction of sp³-hybridized carbons (Fsp3) is 0.412. The molecule has 0 saturated carbocycles. The molecule has 21 heavy (non-hydrogen) atoms. The number of rotatable bonds is 3. The van der Waals surface area contributed by atoms with Crippen LogP contribution in [0.3, 0.4) is 0 Å². The molecule has 3 nitrogen and oxygen atoms in total. The van der Waals surface area contributed by atoms with Crippen molar-refractivity contribution in [3.05, 3.63) is 41.0 Å². The van der Waals surface area contributed by atoms with Crippen LogP contribution in [0.15, 0.2) is 29.2 Å². The lowest BCUT2D eigenvalue weighted by Crippen LogP contribution is -2.08. The van der Waals surface area contributed by atoms with Gasteiger partial charge in [-0.1, -0.05) is 57.5 Å². The SMILES string of the molecule is Cc1ccc2c(C(C)C)cc(C(C)C)c(S(=O)(=O)[O-])c2c1. The fourth-order valence-electron chi connectivity index (χ4n) is 2.75. The maximum Gasteiger partial charge on any atom is 0.125 e. The van der Waals surface area contributed by atoms with Crippen molar-refractivity contribution in [1.82, 2.24) is 0 Å². The zero-order chi connectivity index (χ0) is 15.9. The van der Waals surface area contributed by atoms with Gasteiger partial charge in [-0.15, -0.1) is 0 Å². The molecule has 0 unspecified atom stereocenters.